The second kappa shape index (κ2) is 4.01. The number of benzene rings is 1. The van der Waals surface area contributed by atoms with E-state index in [1.807, 2.05) is 24.5 Å². The first-order valence-electron chi connectivity index (χ1n) is 5.10. The molecule has 1 aliphatic rings. The molecule has 0 unspecified atom stereocenters. The van der Waals surface area contributed by atoms with Crippen molar-refractivity contribution in [2.45, 2.75) is 23.2 Å². The molecule has 86 valence electrons. The van der Waals surface area contributed by atoms with E-state index in [2.05, 4.69) is 0 Å². The number of carboxylic acids is 1. The molecule has 0 atom stereocenters. The number of methoxy groups -OCH3 is 1. The van der Waals surface area contributed by atoms with Gasteiger partial charge in [-0.2, -0.15) is 0 Å². The van der Waals surface area contributed by atoms with Gasteiger partial charge in [-0.25, -0.2) is 0 Å². The molecule has 1 saturated carbocycles. The summed E-state index contributed by atoms with van der Waals surface area (Å²) in [6.45, 7) is 0. The first-order chi connectivity index (χ1) is 7.64. The Bertz CT molecular complexity index is 424. The zero-order valence-corrected chi connectivity index (χ0v) is 10.1. The van der Waals surface area contributed by atoms with E-state index in [0.29, 0.717) is 0 Å². The second-order valence-corrected chi connectivity index (χ2v) is 4.80. The summed E-state index contributed by atoms with van der Waals surface area (Å²) in [5, 5.41) is 9.26. The molecule has 0 bridgehead atoms. The van der Waals surface area contributed by atoms with Crippen LogP contribution in [0.4, 0.5) is 0 Å². The van der Waals surface area contributed by atoms with Gasteiger partial charge in [0.25, 0.3) is 0 Å². The number of ether oxygens (including phenoxy) is 1. The molecule has 0 amide bonds. The molecule has 0 radical (unpaired) electrons. The minimum atomic E-state index is -0.715. The molecule has 0 heterocycles. The van der Waals surface area contributed by atoms with Crippen LogP contribution >= 0.6 is 11.8 Å². The Morgan fingerprint density at radius 1 is 1.50 bits per heavy atom. The Morgan fingerprint density at radius 3 is 2.62 bits per heavy atom. The van der Waals surface area contributed by atoms with Crippen molar-refractivity contribution in [1.29, 1.82) is 0 Å². The van der Waals surface area contributed by atoms with Crippen molar-refractivity contribution < 1.29 is 14.6 Å². The number of thioether (sulfide) groups is 1. The fraction of sp³-hybridized carbons (Fsp3) is 0.417. The van der Waals surface area contributed by atoms with Crippen molar-refractivity contribution in [2.24, 2.45) is 0 Å². The van der Waals surface area contributed by atoms with Crippen molar-refractivity contribution in [3.05, 3.63) is 23.8 Å². The summed E-state index contributed by atoms with van der Waals surface area (Å²) < 4.78 is 5.14. The molecule has 1 aromatic carbocycles. The Labute approximate surface area is 98.8 Å². The average Bonchev–Trinajstić information content (AvgIpc) is 3.09. The molecular weight excluding hydrogens is 224 g/mol. The lowest BCUT2D eigenvalue weighted by Gasteiger charge is -2.15. The van der Waals surface area contributed by atoms with E-state index >= 15 is 0 Å². The highest BCUT2D eigenvalue weighted by atomic mass is 32.2. The SMILES string of the molecule is COc1ccc(C2(C(=O)O)CC2)c(SC)c1. The van der Waals surface area contributed by atoms with Gasteiger partial charge in [0, 0.05) is 4.90 Å². The van der Waals surface area contributed by atoms with Crippen LogP contribution in [0.25, 0.3) is 0 Å². The zero-order chi connectivity index (χ0) is 11.8. The number of rotatable bonds is 4. The van der Waals surface area contributed by atoms with Crippen LogP contribution in [0.3, 0.4) is 0 Å². The van der Waals surface area contributed by atoms with E-state index in [1.165, 1.54) is 0 Å². The van der Waals surface area contributed by atoms with Gasteiger partial charge in [0.05, 0.1) is 12.5 Å². The lowest BCUT2D eigenvalue weighted by atomic mass is 9.96. The fourth-order valence-corrected chi connectivity index (χ4v) is 2.63. The van der Waals surface area contributed by atoms with Gasteiger partial charge < -0.3 is 9.84 Å². The van der Waals surface area contributed by atoms with Gasteiger partial charge in [-0.1, -0.05) is 6.07 Å². The van der Waals surface area contributed by atoms with Crippen molar-refractivity contribution in [3.8, 4) is 5.75 Å². The average molecular weight is 238 g/mol. The van der Waals surface area contributed by atoms with Gasteiger partial charge in [-0.05, 0) is 36.8 Å². The molecule has 3 nitrogen and oxygen atoms in total. The maximum absolute atomic E-state index is 11.3. The third-order valence-corrected chi connectivity index (χ3v) is 3.86. The lowest BCUT2D eigenvalue weighted by Crippen LogP contribution is -2.20. The highest BCUT2D eigenvalue weighted by molar-refractivity contribution is 7.98. The molecule has 2 rings (SSSR count). The van der Waals surface area contributed by atoms with Gasteiger partial charge >= 0.3 is 5.97 Å². The summed E-state index contributed by atoms with van der Waals surface area (Å²) >= 11 is 1.57. The molecule has 1 aliphatic carbocycles. The van der Waals surface area contributed by atoms with Gasteiger partial charge in [0.1, 0.15) is 5.75 Å². The van der Waals surface area contributed by atoms with Gasteiger partial charge in [0.15, 0.2) is 0 Å². The smallest absolute Gasteiger partial charge is 0.314 e. The normalized spacial score (nSPS) is 16.9. The number of hydrogen-bond donors (Lipinski definition) is 1. The molecule has 1 fully saturated rings. The maximum atomic E-state index is 11.3. The summed E-state index contributed by atoms with van der Waals surface area (Å²) in [4.78, 5) is 12.3. The van der Waals surface area contributed by atoms with Crippen LogP contribution in [0.2, 0.25) is 0 Å². The Hall–Kier alpha value is -1.16. The minimum absolute atomic E-state index is 0.634. The molecule has 16 heavy (non-hydrogen) atoms. The van der Waals surface area contributed by atoms with Crippen LogP contribution in [0.1, 0.15) is 18.4 Å². The van der Waals surface area contributed by atoms with Gasteiger partial charge in [-0.15, -0.1) is 11.8 Å². The molecule has 1 N–H and O–H groups in total. The van der Waals surface area contributed by atoms with Crippen LogP contribution in [0.15, 0.2) is 23.1 Å². The summed E-state index contributed by atoms with van der Waals surface area (Å²) in [7, 11) is 1.61. The summed E-state index contributed by atoms with van der Waals surface area (Å²) in [6.07, 6.45) is 3.43. The molecule has 4 heteroatoms. The number of hydrogen-bond acceptors (Lipinski definition) is 3. The topological polar surface area (TPSA) is 46.5 Å². The van der Waals surface area contributed by atoms with Crippen molar-refractivity contribution >= 4 is 17.7 Å². The standard InChI is InChI=1S/C12H14O3S/c1-15-8-3-4-9(10(7-8)16-2)12(5-6-12)11(13)14/h3-4,7H,5-6H2,1-2H3,(H,13,14). The molecule has 0 spiro atoms. The molecule has 0 aromatic heterocycles. The van der Waals surface area contributed by atoms with Crippen LogP contribution in [0.5, 0.6) is 5.75 Å². The first kappa shape index (κ1) is 11.3. The van der Waals surface area contributed by atoms with E-state index in [0.717, 1.165) is 29.1 Å². The van der Waals surface area contributed by atoms with E-state index in [1.54, 1.807) is 18.9 Å². The monoisotopic (exact) mass is 238 g/mol. The fourth-order valence-electron chi connectivity index (χ4n) is 1.92. The summed E-state index contributed by atoms with van der Waals surface area (Å²) in [5.74, 6) is 0.0576. The Kier molecular flexibility index (Phi) is 2.84. The van der Waals surface area contributed by atoms with Crippen LogP contribution in [0, 0.1) is 0 Å². The Balaban J connectivity index is 2.45. The predicted molar refractivity (Wildman–Crippen MR) is 63.3 cm³/mol. The van der Waals surface area contributed by atoms with Gasteiger partial charge in [0.2, 0.25) is 0 Å². The third kappa shape index (κ3) is 1.67. The first-order valence-corrected chi connectivity index (χ1v) is 6.32. The maximum Gasteiger partial charge on any atom is 0.314 e. The van der Waals surface area contributed by atoms with Crippen molar-refractivity contribution in [2.75, 3.05) is 13.4 Å². The van der Waals surface area contributed by atoms with E-state index in [9.17, 15) is 9.90 Å². The number of aliphatic carboxylic acids is 1. The molecule has 0 saturated heterocycles. The minimum Gasteiger partial charge on any atom is -0.497 e. The quantitative estimate of drug-likeness (QED) is 0.819. The van der Waals surface area contributed by atoms with Gasteiger partial charge in [-0.3, -0.25) is 4.79 Å². The van der Waals surface area contributed by atoms with E-state index < -0.39 is 11.4 Å². The predicted octanol–water partition coefficient (Wildman–Crippen LogP) is 2.53. The second-order valence-electron chi connectivity index (χ2n) is 3.95. The molecular formula is C12H14O3S. The van der Waals surface area contributed by atoms with Crippen molar-refractivity contribution in [1.82, 2.24) is 0 Å². The summed E-state index contributed by atoms with van der Waals surface area (Å²) in [6, 6.07) is 5.62. The molecule has 1 aromatic rings. The molecule has 0 aliphatic heterocycles. The van der Waals surface area contributed by atoms with Crippen LogP contribution in [-0.2, 0) is 10.2 Å². The highest BCUT2D eigenvalue weighted by Gasteiger charge is 2.52. The van der Waals surface area contributed by atoms with Crippen molar-refractivity contribution in [3.63, 3.8) is 0 Å². The third-order valence-electron chi connectivity index (χ3n) is 3.08. The number of carboxylic acid groups (broad SMARTS) is 1. The van der Waals surface area contributed by atoms with Crippen LogP contribution in [-0.4, -0.2) is 24.4 Å². The van der Waals surface area contributed by atoms with E-state index in [-0.39, 0.29) is 0 Å². The largest absolute Gasteiger partial charge is 0.497 e. The Morgan fingerprint density at radius 2 is 2.19 bits per heavy atom. The van der Waals surface area contributed by atoms with Crippen LogP contribution < -0.4 is 4.74 Å². The summed E-state index contributed by atoms with van der Waals surface area (Å²) in [5.41, 5.74) is 0.290. The lowest BCUT2D eigenvalue weighted by molar-refractivity contribution is -0.140. The van der Waals surface area contributed by atoms with E-state index in [4.69, 9.17) is 4.74 Å². The highest BCUT2D eigenvalue weighted by Crippen LogP contribution is 2.51. The number of carbonyl (C=O) groups is 1. The zero-order valence-electron chi connectivity index (χ0n) is 9.32.